The predicted octanol–water partition coefficient (Wildman–Crippen LogP) is -0.315. The smallest absolute Gasteiger partial charge is 0.325 e. The number of rotatable bonds is 4. The standard InChI is InChI=1S/C11H17NO5/c1-4-5(2)9(11(16)17)12-8(4)7(6(3)13)10(14)15/h4,6-9,12-13H,2H2,1,3H3,(H,14,15)(H,16,17)/t4-,6+,7+,8+,9?/m0/s1. The first kappa shape index (κ1) is 13.7. The first-order valence-electron chi connectivity index (χ1n) is 5.35. The third-order valence-electron chi connectivity index (χ3n) is 3.29. The zero-order valence-corrected chi connectivity index (χ0v) is 9.75. The monoisotopic (exact) mass is 243 g/mol. The molecule has 96 valence electrons. The van der Waals surface area contributed by atoms with E-state index in [1.807, 2.05) is 0 Å². The minimum Gasteiger partial charge on any atom is -0.481 e. The molecule has 17 heavy (non-hydrogen) atoms. The molecule has 1 fully saturated rings. The van der Waals surface area contributed by atoms with Crippen LogP contribution in [0, 0.1) is 11.8 Å². The molecule has 1 rings (SSSR count). The predicted molar refractivity (Wildman–Crippen MR) is 59.5 cm³/mol. The zero-order valence-electron chi connectivity index (χ0n) is 9.75. The molecule has 1 unspecified atom stereocenters. The van der Waals surface area contributed by atoms with Gasteiger partial charge in [-0.05, 0) is 18.4 Å². The van der Waals surface area contributed by atoms with E-state index in [-0.39, 0.29) is 5.92 Å². The Morgan fingerprint density at radius 2 is 1.94 bits per heavy atom. The number of carboxylic acid groups (broad SMARTS) is 2. The van der Waals surface area contributed by atoms with Crippen molar-refractivity contribution in [1.82, 2.24) is 5.32 Å². The summed E-state index contributed by atoms with van der Waals surface area (Å²) in [7, 11) is 0. The fraction of sp³-hybridized carbons (Fsp3) is 0.636. The van der Waals surface area contributed by atoms with Gasteiger partial charge in [-0.1, -0.05) is 13.5 Å². The Morgan fingerprint density at radius 1 is 1.41 bits per heavy atom. The Kier molecular flexibility index (Phi) is 3.90. The van der Waals surface area contributed by atoms with E-state index in [0.29, 0.717) is 5.57 Å². The lowest BCUT2D eigenvalue weighted by Crippen LogP contribution is -2.47. The molecule has 0 saturated carbocycles. The number of aliphatic hydroxyl groups excluding tert-OH is 1. The molecular formula is C11H17NO5. The summed E-state index contributed by atoms with van der Waals surface area (Å²) in [5.41, 5.74) is 0.439. The molecule has 6 heteroatoms. The lowest BCUT2D eigenvalue weighted by atomic mass is 9.85. The van der Waals surface area contributed by atoms with Gasteiger partial charge in [0, 0.05) is 6.04 Å². The van der Waals surface area contributed by atoms with E-state index >= 15 is 0 Å². The molecule has 0 aromatic heterocycles. The maximum Gasteiger partial charge on any atom is 0.325 e. The zero-order chi connectivity index (χ0) is 13.3. The molecule has 1 aliphatic rings. The van der Waals surface area contributed by atoms with Crippen LogP contribution in [0.3, 0.4) is 0 Å². The lowest BCUT2D eigenvalue weighted by Gasteiger charge is -2.25. The summed E-state index contributed by atoms with van der Waals surface area (Å²) in [6, 6.07) is -1.57. The van der Waals surface area contributed by atoms with E-state index in [1.54, 1.807) is 6.92 Å². The molecule has 1 aliphatic heterocycles. The first-order chi connectivity index (χ1) is 7.77. The highest BCUT2D eigenvalue weighted by atomic mass is 16.4. The Morgan fingerprint density at radius 3 is 2.24 bits per heavy atom. The molecule has 0 aromatic rings. The van der Waals surface area contributed by atoms with E-state index in [1.165, 1.54) is 6.92 Å². The van der Waals surface area contributed by atoms with Crippen molar-refractivity contribution in [3.05, 3.63) is 12.2 Å². The highest BCUT2D eigenvalue weighted by Crippen LogP contribution is 2.31. The van der Waals surface area contributed by atoms with Crippen LogP contribution < -0.4 is 5.32 Å². The molecule has 5 atom stereocenters. The molecule has 1 heterocycles. The molecule has 0 spiro atoms. The minimum absolute atomic E-state index is 0.313. The van der Waals surface area contributed by atoms with Crippen molar-refractivity contribution in [3.8, 4) is 0 Å². The largest absolute Gasteiger partial charge is 0.481 e. The summed E-state index contributed by atoms with van der Waals surface area (Å²) in [5.74, 6) is -3.60. The van der Waals surface area contributed by atoms with Gasteiger partial charge in [0.25, 0.3) is 0 Å². The van der Waals surface area contributed by atoms with E-state index < -0.39 is 36.0 Å². The Balaban J connectivity index is 2.96. The van der Waals surface area contributed by atoms with E-state index in [9.17, 15) is 14.7 Å². The molecule has 0 radical (unpaired) electrons. The average Bonchev–Trinajstić information content (AvgIpc) is 2.45. The molecule has 1 saturated heterocycles. The minimum atomic E-state index is -1.15. The van der Waals surface area contributed by atoms with Crippen molar-refractivity contribution in [2.45, 2.75) is 32.0 Å². The Hall–Kier alpha value is -1.40. The van der Waals surface area contributed by atoms with E-state index in [2.05, 4.69) is 11.9 Å². The van der Waals surface area contributed by atoms with Crippen molar-refractivity contribution < 1.29 is 24.9 Å². The van der Waals surface area contributed by atoms with Gasteiger partial charge in [-0.3, -0.25) is 14.9 Å². The van der Waals surface area contributed by atoms with E-state index in [0.717, 1.165) is 0 Å². The van der Waals surface area contributed by atoms with Gasteiger partial charge in [-0.25, -0.2) is 0 Å². The molecule has 0 aliphatic carbocycles. The molecule has 0 bridgehead atoms. The van der Waals surface area contributed by atoms with Crippen molar-refractivity contribution >= 4 is 11.9 Å². The quantitative estimate of drug-likeness (QED) is 0.504. The maximum atomic E-state index is 11.1. The van der Waals surface area contributed by atoms with Crippen LogP contribution in [0.1, 0.15) is 13.8 Å². The van der Waals surface area contributed by atoms with Crippen LogP contribution in [0.25, 0.3) is 0 Å². The second-order valence-corrected chi connectivity index (χ2v) is 4.43. The summed E-state index contributed by atoms with van der Waals surface area (Å²) in [5, 5.41) is 30.2. The van der Waals surface area contributed by atoms with Crippen molar-refractivity contribution in [3.63, 3.8) is 0 Å². The highest BCUT2D eigenvalue weighted by Gasteiger charge is 2.45. The Labute approximate surface area is 98.9 Å². The maximum absolute atomic E-state index is 11.1. The van der Waals surface area contributed by atoms with Crippen LogP contribution in [0.4, 0.5) is 0 Å². The van der Waals surface area contributed by atoms with Crippen molar-refractivity contribution in [2.75, 3.05) is 0 Å². The van der Waals surface area contributed by atoms with Crippen molar-refractivity contribution in [2.24, 2.45) is 11.8 Å². The van der Waals surface area contributed by atoms with Crippen LogP contribution in [0.2, 0.25) is 0 Å². The molecule has 0 amide bonds. The third kappa shape index (κ3) is 2.48. The van der Waals surface area contributed by atoms with Crippen LogP contribution >= 0.6 is 0 Å². The van der Waals surface area contributed by atoms with Gasteiger partial charge in [0.1, 0.15) is 6.04 Å². The van der Waals surface area contributed by atoms with Gasteiger partial charge >= 0.3 is 11.9 Å². The SMILES string of the molecule is C=C1C(C(=O)O)N[C@@H]([C@H](C(=O)O)[C@@H](C)O)[C@H]1C. The van der Waals surface area contributed by atoms with Gasteiger partial charge < -0.3 is 15.3 Å². The van der Waals surface area contributed by atoms with Gasteiger partial charge in [-0.15, -0.1) is 0 Å². The normalized spacial score (nSPS) is 32.2. The van der Waals surface area contributed by atoms with Gasteiger partial charge in [0.15, 0.2) is 0 Å². The topological polar surface area (TPSA) is 107 Å². The third-order valence-corrected chi connectivity index (χ3v) is 3.29. The molecule has 4 N–H and O–H groups in total. The second-order valence-electron chi connectivity index (χ2n) is 4.43. The fourth-order valence-corrected chi connectivity index (χ4v) is 2.24. The van der Waals surface area contributed by atoms with Gasteiger partial charge in [-0.2, -0.15) is 0 Å². The summed E-state index contributed by atoms with van der Waals surface area (Å²) in [4.78, 5) is 22.0. The number of carboxylic acids is 2. The lowest BCUT2D eigenvalue weighted by molar-refractivity contribution is -0.147. The number of hydrogen-bond acceptors (Lipinski definition) is 4. The van der Waals surface area contributed by atoms with Gasteiger partial charge in [0.2, 0.25) is 0 Å². The number of carbonyl (C=O) groups is 2. The molecule has 6 nitrogen and oxygen atoms in total. The number of hydrogen-bond donors (Lipinski definition) is 4. The second kappa shape index (κ2) is 4.85. The number of aliphatic hydroxyl groups is 1. The van der Waals surface area contributed by atoms with Crippen LogP contribution in [-0.2, 0) is 9.59 Å². The van der Waals surface area contributed by atoms with Crippen LogP contribution in [-0.4, -0.2) is 45.4 Å². The highest BCUT2D eigenvalue weighted by molar-refractivity contribution is 5.79. The number of aliphatic carboxylic acids is 2. The van der Waals surface area contributed by atoms with E-state index in [4.69, 9.17) is 10.2 Å². The number of nitrogens with one attached hydrogen (secondary N) is 1. The fourth-order valence-electron chi connectivity index (χ4n) is 2.24. The molecular weight excluding hydrogens is 226 g/mol. The summed E-state index contributed by atoms with van der Waals surface area (Å²) < 4.78 is 0. The molecule has 0 aromatic carbocycles. The van der Waals surface area contributed by atoms with Crippen LogP contribution in [0.5, 0.6) is 0 Å². The summed E-state index contributed by atoms with van der Waals surface area (Å²) >= 11 is 0. The van der Waals surface area contributed by atoms with Gasteiger partial charge in [0.05, 0.1) is 12.0 Å². The summed E-state index contributed by atoms with van der Waals surface area (Å²) in [6.45, 7) is 6.76. The van der Waals surface area contributed by atoms with Crippen LogP contribution in [0.15, 0.2) is 12.2 Å². The first-order valence-corrected chi connectivity index (χ1v) is 5.35. The summed E-state index contributed by atoms with van der Waals surface area (Å²) in [6.07, 6.45) is -1.06. The van der Waals surface area contributed by atoms with Crippen molar-refractivity contribution in [1.29, 1.82) is 0 Å². The Bertz CT molecular complexity index is 352. The average molecular weight is 243 g/mol.